The van der Waals surface area contributed by atoms with Gasteiger partial charge in [0.1, 0.15) is 0 Å². The Kier molecular flexibility index (Phi) is 6.15. The molecular formula is C24H35N3O4. The van der Waals surface area contributed by atoms with Crippen molar-refractivity contribution < 1.29 is 19.8 Å². The summed E-state index contributed by atoms with van der Waals surface area (Å²) in [6.07, 6.45) is 5.09. The third kappa shape index (κ3) is 4.12. The zero-order valence-corrected chi connectivity index (χ0v) is 18.7. The fourth-order valence-electron chi connectivity index (χ4n) is 5.84. The van der Waals surface area contributed by atoms with E-state index in [1.165, 1.54) is 4.90 Å². The lowest BCUT2D eigenvalue weighted by Crippen LogP contribution is -2.50. The van der Waals surface area contributed by atoms with Gasteiger partial charge in [0.15, 0.2) is 0 Å². The average Bonchev–Trinajstić information content (AvgIpc) is 3.05. The third-order valence-electron chi connectivity index (χ3n) is 7.61. The third-order valence-corrected chi connectivity index (χ3v) is 7.61. The van der Waals surface area contributed by atoms with Crippen molar-refractivity contribution in [2.75, 3.05) is 36.0 Å². The summed E-state index contributed by atoms with van der Waals surface area (Å²) < 4.78 is 0. The molecule has 7 nitrogen and oxygen atoms in total. The first-order chi connectivity index (χ1) is 14.8. The van der Waals surface area contributed by atoms with E-state index in [0.29, 0.717) is 18.1 Å². The lowest BCUT2D eigenvalue weighted by molar-refractivity contribution is -0.139. The number of benzene rings is 1. The molecule has 2 heterocycles. The van der Waals surface area contributed by atoms with E-state index in [4.69, 9.17) is 0 Å². The molecule has 0 radical (unpaired) electrons. The van der Waals surface area contributed by atoms with Gasteiger partial charge in [-0.1, -0.05) is 0 Å². The van der Waals surface area contributed by atoms with Crippen molar-refractivity contribution in [2.24, 2.45) is 5.41 Å². The molecule has 0 unspecified atom stereocenters. The highest BCUT2D eigenvalue weighted by molar-refractivity contribution is 5.88. The van der Waals surface area contributed by atoms with Crippen LogP contribution < -0.4 is 9.80 Å². The van der Waals surface area contributed by atoms with Gasteiger partial charge in [-0.3, -0.25) is 9.69 Å². The Morgan fingerprint density at radius 1 is 1.19 bits per heavy atom. The molecule has 2 aliphatic heterocycles. The Bertz CT molecular complexity index is 836. The molecule has 1 saturated carbocycles. The maximum absolute atomic E-state index is 13.5. The Balaban J connectivity index is 1.49. The van der Waals surface area contributed by atoms with Gasteiger partial charge in [-0.15, -0.1) is 0 Å². The number of carbonyl (C=O) groups excluding carboxylic acids is 1. The zero-order valence-electron chi connectivity index (χ0n) is 18.7. The molecule has 1 atom stereocenters. The van der Waals surface area contributed by atoms with Gasteiger partial charge < -0.3 is 20.0 Å². The van der Waals surface area contributed by atoms with Gasteiger partial charge in [0, 0.05) is 37.9 Å². The first-order valence-electron chi connectivity index (χ1n) is 11.7. The number of carbonyl (C=O) groups is 2. The minimum atomic E-state index is -0.942. The number of carboxylic acid groups (broad SMARTS) is 1. The van der Waals surface area contributed by atoms with E-state index >= 15 is 0 Å². The largest absolute Gasteiger partial charge is 0.465 e. The van der Waals surface area contributed by atoms with Crippen molar-refractivity contribution in [3.8, 4) is 0 Å². The number of piperidine rings is 1. The SMILES string of the molecule is CCN(C(=O)O)c1ccc(N2CCC[C@]3(CCN(C4CCC(O)CC4)C3=O)C2)cc1C. The molecule has 4 rings (SSSR count). The Hall–Kier alpha value is -2.28. The summed E-state index contributed by atoms with van der Waals surface area (Å²) in [6, 6.07) is 6.22. The van der Waals surface area contributed by atoms with Crippen LogP contribution >= 0.6 is 0 Å². The quantitative estimate of drug-likeness (QED) is 0.764. The smallest absolute Gasteiger partial charge is 0.411 e. The molecule has 170 valence electrons. The molecule has 0 bridgehead atoms. The highest BCUT2D eigenvalue weighted by Crippen LogP contribution is 2.43. The number of rotatable bonds is 4. The minimum absolute atomic E-state index is 0.205. The normalized spacial score (nSPS) is 28.9. The van der Waals surface area contributed by atoms with E-state index in [1.54, 1.807) is 0 Å². The van der Waals surface area contributed by atoms with Crippen molar-refractivity contribution in [3.63, 3.8) is 0 Å². The van der Waals surface area contributed by atoms with Crippen LogP contribution in [0.25, 0.3) is 0 Å². The van der Waals surface area contributed by atoms with Crippen LogP contribution in [-0.4, -0.2) is 65.4 Å². The summed E-state index contributed by atoms with van der Waals surface area (Å²) in [5.74, 6) is 0.301. The van der Waals surface area contributed by atoms with Crippen LogP contribution in [0.15, 0.2) is 18.2 Å². The van der Waals surface area contributed by atoms with Crippen molar-refractivity contribution in [2.45, 2.75) is 70.9 Å². The molecule has 2 N–H and O–H groups in total. The molecule has 2 amide bonds. The second-order valence-corrected chi connectivity index (χ2v) is 9.51. The van der Waals surface area contributed by atoms with Crippen molar-refractivity contribution >= 4 is 23.4 Å². The van der Waals surface area contributed by atoms with Gasteiger partial charge in [-0.2, -0.15) is 0 Å². The number of likely N-dealkylation sites (tertiary alicyclic amines) is 1. The molecule has 1 aromatic rings. The summed E-state index contributed by atoms with van der Waals surface area (Å²) in [6.45, 7) is 6.66. The fourth-order valence-corrected chi connectivity index (χ4v) is 5.84. The van der Waals surface area contributed by atoms with Crippen molar-refractivity contribution in [3.05, 3.63) is 23.8 Å². The van der Waals surface area contributed by atoms with Crippen molar-refractivity contribution in [1.82, 2.24) is 4.90 Å². The molecule has 1 aromatic carbocycles. The highest BCUT2D eigenvalue weighted by atomic mass is 16.4. The maximum Gasteiger partial charge on any atom is 0.411 e. The summed E-state index contributed by atoms with van der Waals surface area (Å²) in [4.78, 5) is 30.8. The van der Waals surface area contributed by atoms with Gasteiger partial charge in [0.05, 0.1) is 17.2 Å². The summed E-state index contributed by atoms with van der Waals surface area (Å²) in [5.41, 5.74) is 2.40. The molecule has 7 heteroatoms. The number of hydrogen-bond acceptors (Lipinski definition) is 4. The second kappa shape index (κ2) is 8.69. The maximum atomic E-state index is 13.5. The molecule has 0 aromatic heterocycles. The molecule has 3 aliphatic rings. The molecule has 2 saturated heterocycles. The van der Waals surface area contributed by atoms with Gasteiger partial charge in [0.2, 0.25) is 5.91 Å². The lowest BCUT2D eigenvalue weighted by Gasteiger charge is -2.41. The number of anilines is 2. The zero-order chi connectivity index (χ0) is 22.2. The lowest BCUT2D eigenvalue weighted by atomic mass is 9.78. The summed E-state index contributed by atoms with van der Waals surface area (Å²) >= 11 is 0. The van der Waals surface area contributed by atoms with E-state index in [1.807, 2.05) is 26.0 Å². The van der Waals surface area contributed by atoms with E-state index in [-0.39, 0.29) is 17.6 Å². The Labute approximate surface area is 184 Å². The predicted molar refractivity (Wildman–Crippen MR) is 121 cm³/mol. The fraction of sp³-hybridized carbons (Fsp3) is 0.667. The molecular weight excluding hydrogens is 394 g/mol. The van der Waals surface area contributed by atoms with Crippen LogP contribution in [0, 0.1) is 12.3 Å². The van der Waals surface area contributed by atoms with Crippen LogP contribution in [0.3, 0.4) is 0 Å². The predicted octanol–water partition coefficient (Wildman–Crippen LogP) is 3.62. The first kappa shape index (κ1) is 21.9. The number of nitrogens with zero attached hydrogens (tertiary/aromatic N) is 3. The summed E-state index contributed by atoms with van der Waals surface area (Å²) in [7, 11) is 0. The molecule has 1 aliphatic carbocycles. The number of amides is 2. The topological polar surface area (TPSA) is 84.3 Å². The van der Waals surface area contributed by atoms with Gasteiger partial charge in [-0.25, -0.2) is 4.79 Å². The van der Waals surface area contributed by atoms with E-state index < -0.39 is 6.09 Å². The van der Waals surface area contributed by atoms with Gasteiger partial charge in [-0.05, 0) is 82.6 Å². The van der Waals surface area contributed by atoms with Crippen LogP contribution in [0.1, 0.15) is 57.4 Å². The van der Waals surface area contributed by atoms with E-state index in [9.17, 15) is 19.8 Å². The van der Waals surface area contributed by atoms with Crippen LogP contribution in [0.2, 0.25) is 0 Å². The van der Waals surface area contributed by atoms with Gasteiger partial charge in [0.25, 0.3) is 0 Å². The molecule has 31 heavy (non-hydrogen) atoms. The Morgan fingerprint density at radius 3 is 2.58 bits per heavy atom. The minimum Gasteiger partial charge on any atom is -0.465 e. The number of aryl methyl sites for hydroxylation is 1. The monoisotopic (exact) mass is 429 g/mol. The molecule has 3 fully saturated rings. The second-order valence-electron chi connectivity index (χ2n) is 9.51. The summed E-state index contributed by atoms with van der Waals surface area (Å²) in [5, 5.41) is 19.3. The average molecular weight is 430 g/mol. The number of hydrogen-bond donors (Lipinski definition) is 2. The van der Waals surface area contributed by atoms with E-state index in [0.717, 1.165) is 75.8 Å². The van der Waals surface area contributed by atoms with Crippen LogP contribution in [-0.2, 0) is 4.79 Å². The van der Waals surface area contributed by atoms with Crippen molar-refractivity contribution in [1.29, 1.82) is 0 Å². The Morgan fingerprint density at radius 2 is 1.94 bits per heavy atom. The van der Waals surface area contributed by atoms with Crippen LogP contribution in [0.4, 0.5) is 16.2 Å². The highest BCUT2D eigenvalue weighted by Gasteiger charge is 2.50. The number of aliphatic hydroxyl groups excluding tert-OH is 1. The van der Waals surface area contributed by atoms with Gasteiger partial charge >= 0.3 is 6.09 Å². The van der Waals surface area contributed by atoms with Crippen LogP contribution in [0.5, 0.6) is 0 Å². The number of aliphatic hydroxyl groups is 1. The molecule has 1 spiro atoms. The van der Waals surface area contributed by atoms with E-state index in [2.05, 4.69) is 15.9 Å². The standard InChI is InChI=1S/C24H35N3O4/c1-3-26(23(30)31)21-10-7-19(15-17(21)2)25-13-4-11-24(16-25)12-14-27(22(24)29)18-5-8-20(28)9-6-18/h7,10,15,18,20,28H,3-6,8-9,11-14,16H2,1-2H3,(H,30,31)/t18?,20?,24-/m0/s1. The first-order valence-corrected chi connectivity index (χ1v) is 11.7.